The van der Waals surface area contributed by atoms with Crippen LogP contribution in [0.2, 0.25) is 0 Å². The van der Waals surface area contributed by atoms with Crippen molar-refractivity contribution in [2.45, 2.75) is 27.3 Å². The summed E-state index contributed by atoms with van der Waals surface area (Å²) in [7, 11) is 0. The Morgan fingerprint density at radius 2 is 1.69 bits per heavy atom. The molecule has 184 valence electrons. The molecular formula is C24H24N8O4. The maximum atomic E-state index is 12.7. The van der Waals surface area contributed by atoms with E-state index < -0.39 is 24.4 Å². The van der Waals surface area contributed by atoms with E-state index in [1.165, 1.54) is 17.1 Å². The summed E-state index contributed by atoms with van der Waals surface area (Å²) in [6.07, 6.45) is 1.30. The molecule has 0 saturated carbocycles. The highest BCUT2D eigenvalue weighted by Crippen LogP contribution is 2.23. The summed E-state index contributed by atoms with van der Waals surface area (Å²) in [6, 6.07) is 14.2. The zero-order chi connectivity index (χ0) is 25.7. The number of nitrogens with zero attached hydrogens (tertiary/aromatic N) is 6. The summed E-state index contributed by atoms with van der Waals surface area (Å²) < 4.78 is 8.19. The molecule has 2 aromatic carbocycles. The molecule has 0 aliphatic carbocycles. The molecule has 0 unspecified atom stereocenters. The number of nitrogens with one attached hydrogen (secondary N) is 2. The Bertz CT molecular complexity index is 1390. The van der Waals surface area contributed by atoms with Crippen molar-refractivity contribution in [3.05, 3.63) is 77.4 Å². The summed E-state index contributed by atoms with van der Waals surface area (Å²) in [5.74, 6) is -1.71. The molecule has 0 atom stereocenters. The van der Waals surface area contributed by atoms with Gasteiger partial charge in [-0.1, -0.05) is 29.8 Å². The van der Waals surface area contributed by atoms with Gasteiger partial charge >= 0.3 is 5.97 Å². The first kappa shape index (κ1) is 24.3. The molecule has 2 heterocycles. The molecule has 0 radical (unpaired) electrons. The largest absolute Gasteiger partial charge is 0.452 e. The number of hydrogen-bond donors (Lipinski definition) is 2. The van der Waals surface area contributed by atoms with Gasteiger partial charge in [0.1, 0.15) is 12.9 Å². The molecular weight excluding hydrogens is 464 g/mol. The third kappa shape index (κ3) is 5.60. The van der Waals surface area contributed by atoms with Crippen LogP contribution in [0.5, 0.6) is 0 Å². The number of carbonyl (C=O) groups excluding carboxylic acids is 3. The van der Waals surface area contributed by atoms with E-state index in [2.05, 4.69) is 31.3 Å². The van der Waals surface area contributed by atoms with E-state index in [4.69, 9.17) is 4.74 Å². The molecule has 0 saturated heterocycles. The van der Waals surface area contributed by atoms with E-state index in [1.54, 1.807) is 29.8 Å². The van der Waals surface area contributed by atoms with Crippen molar-refractivity contribution < 1.29 is 19.1 Å². The highest BCUT2D eigenvalue weighted by molar-refractivity contribution is 6.02. The first-order chi connectivity index (χ1) is 17.3. The Labute approximate surface area is 206 Å². The molecule has 4 aromatic rings. The molecule has 2 N–H and O–H groups in total. The number of esters is 1. The zero-order valence-electron chi connectivity index (χ0n) is 19.9. The third-order valence-electron chi connectivity index (χ3n) is 5.29. The lowest BCUT2D eigenvalue weighted by Crippen LogP contribution is -2.23. The van der Waals surface area contributed by atoms with Gasteiger partial charge in [0, 0.05) is 0 Å². The number of benzene rings is 2. The van der Waals surface area contributed by atoms with Crippen LogP contribution in [0.3, 0.4) is 0 Å². The maximum absolute atomic E-state index is 12.7. The van der Waals surface area contributed by atoms with Gasteiger partial charge in [-0.05, 0) is 55.5 Å². The summed E-state index contributed by atoms with van der Waals surface area (Å²) in [6.45, 7) is 4.98. The first-order valence-electron chi connectivity index (χ1n) is 11.0. The van der Waals surface area contributed by atoms with Crippen molar-refractivity contribution in [1.82, 2.24) is 30.0 Å². The van der Waals surface area contributed by atoms with Gasteiger partial charge in [0.25, 0.3) is 5.91 Å². The van der Waals surface area contributed by atoms with E-state index in [-0.39, 0.29) is 17.8 Å². The SMILES string of the molecule is Cc1ccc(-n2nc(C)c(NC(=O)COC(=O)c3ccccc3NC(=O)Cn3cnnn3)c2C)cc1. The fourth-order valence-electron chi connectivity index (χ4n) is 3.51. The Balaban J connectivity index is 1.38. The Morgan fingerprint density at radius 1 is 0.944 bits per heavy atom. The number of para-hydroxylation sites is 1. The van der Waals surface area contributed by atoms with E-state index in [9.17, 15) is 14.4 Å². The van der Waals surface area contributed by atoms with E-state index >= 15 is 0 Å². The van der Waals surface area contributed by atoms with Gasteiger partial charge in [-0.15, -0.1) is 5.10 Å². The van der Waals surface area contributed by atoms with Gasteiger partial charge in [-0.25, -0.2) is 14.2 Å². The van der Waals surface area contributed by atoms with Crippen molar-refractivity contribution in [1.29, 1.82) is 0 Å². The van der Waals surface area contributed by atoms with Crippen LogP contribution >= 0.6 is 0 Å². The summed E-state index contributed by atoms with van der Waals surface area (Å²) in [4.78, 5) is 37.5. The second-order valence-corrected chi connectivity index (χ2v) is 8.02. The minimum atomic E-state index is -0.757. The highest BCUT2D eigenvalue weighted by Gasteiger charge is 2.19. The molecule has 0 spiro atoms. The third-order valence-corrected chi connectivity index (χ3v) is 5.29. The van der Waals surface area contributed by atoms with Crippen LogP contribution in [-0.4, -0.2) is 54.4 Å². The Hall–Kier alpha value is -4.87. The maximum Gasteiger partial charge on any atom is 0.340 e. The van der Waals surface area contributed by atoms with Crippen LogP contribution in [0.25, 0.3) is 5.69 Å². The molecule has 4 rings (SSSR count). The number of aromatic nitrogens is 6. The number of ether oxygens (including phenoxy) is 1. The van der Waals surface area contributed by atoms with Gasteiger partial charge in [0.15, 0.2) is 6.61 Å². The van der Waals surface area contributed by atoms with Gasteiger partial charge < -0.3 is 15.4 Å². The first-order valence-corrected chi connectivity index (χ1v) is 11.0. The normalized spacial score (nSPS) is 10.6. The number of amides is 2. The second-order valence-electron chi connectivity index (χ2n) is 8.02. The molecule has 2 amide bonds. The van der Waals surface area contributed by atoms with Crippen molar-refractivity contribution in [2.75, 3.05) is 17.2 Å². The molecule has 12 nitrogen and oxygen atoms in total. The van der Waals surface area contributed by atoms with Crippen LogP contribution in [0, 0.1) is 20.8 Å². The number of hydrogen-bond acceptors (Lipinski definition) is 8. The lowest BCUT2D eigenvalue weighted by molar-refractivity contribution is -0.119. The van der Waals surface area contributed by atoms with E-state index in [1.807, 2.05) is 38.1 Å². The van der Waals surface area contributed by atoms with Crippen LogP contribution in [-0.2, 0) is 20.9 Å². The molecule has 0 aliphatic rings. The summed E-state index contributed by atoms with van der Waals surface area (Å²) in [5.41, 5.74) is 4.26. The number of carbonyl (C=O) groups is 3. The predicted molar refractivity (Wildman–Crippen MR) is 130 cm³/mol. The second kappa shape index (κ2) is 10.6. The van der Waals surface area contributed by atoms with Crippen molar-refractivity contribution in [3.63, 3.8) is 0 Å². The van der Waals surface area contributed by atoms with Crippen molar-refractivity contribution >= 4 is 29.2 Å². The molecule has 12 heteroatoms. The number of aryl methyl sites for hydroxylation is 2. The Kier molecular flexibility index (Phi) is 7.14. The lowest BCUT2D eigenvalue weighted by Gasteiger charge is -2.11. The van der Waals surface area contributed by atoms with Gasteiger partial charge in [0.05, 0.1) is 34.0 Å². The topological polar surface area (TPSA) is 146 Å². The van der Waals surface area contributed by atoms with Gasteiger partial charge in [-0.3, -0.25) is 9.59 Å². The fourth-order valence-corrected chi connectivity index (χ4v) is 3.51. The monoisotopic (exact) mass is 488 g/mol. The molecule has 2 aromatic heterocycles. The molecule has 36 heavy (non-hydrogen) atoms. The van der Waals surface area contributed by atoms with Crippen LogP contribution in [0.4, 0.5) is 11.4 Å². The smallest absolute Gasteiger partial charge is 0.340 e. The fraction of sp³-hybridized carbons (Fsp3) is 0.208. The highest BCUT2D eigenvalue weighted by atomic mass is 16.5. The van der Waals surface area contributed by atoms with Gasteiger partial charge in [0.2, 0.25) is 5.91 Å². The minimum Gasteiger partial charge on any atom is -0.452 e. The van der Waals surface area contributed by atoms with Gasteiger partial charge in [-0.2, -0.15) is 5.10 Å². The van der Waals surface area contributed by atoms with Crippen molar-refractivity contribution in [3.8, 4) is 5.69 Å². The number of anilines is 2. The number of tetrazole rings is 1. The van der Waals surface area contributed by atoms with E-state index in [0.717, 1.165) is 16.9 Å². The average molecular weight is 489 g/mol. The summed E-state index contributed by atoms with van der Waals surface area (Å²) >= 11 is 0. The molecule has 0 fully saturated rings. The molecule has 0 bridgehead atoms. The minimum absolute atomic E-state index is 0.106. The predicted octanol–water partition coefficient (Wildman–Crippen LogP) is 2.22. The van der Waals surface area contributed by atoms with Crippen LogP contribution in [0.15, 0.2) is 54.9 Å². The zero-order valence-corrected chi connectivity index (χ0v) is 19.9. The molecule has 0 aliphatic heterocycles. The van der Waals surface area contributed by atoms with Crippen molar-refractivity contribution in [2.24, 2.45) is 0 Å². The standard InChI is InChI=1S/C24H24N8O4/c1-15-8-10-18(11-9-15)32-17(3)23(16(2)28-32)27-22(34)13-36-24(35)19-6-4-5-7-20(19)26-21(33)12-31-14-25-29-30-31/h4-11,14H,12-13H2,1-3H3,(H,26,33)(H,27,34). The average Bonchev–Trinajstić information content (AvgIpc) is 3.47. The van der Waals surface area contributed by atoms with Crippen LogP contribution < -0.4 is 10.6 Å². The Morgan fingerprint density at radius 3 is 2.42 bits per heavy atom. The lowest BCUT2D eigenvalue weighted by atomic mass is 10.2. The van der Waals surface area contributed by atoms with E-state index in [0.29, 0.717) is 11.4 Å². The summed E-state index contributed by atoms with van der Waals surface area (Å²) in [5, 5.41) is 20.5. The number of rotatable bonds is 8. The van der Waals surface area contributed by atoms with Crippen LogP contribution in [0.1, 0.15) is 27.3 Å². The quantitative estimate of drug-likeness (QED) is 0.359.